The highest BCUT2D eigenvalue weighted by atomic mass is 16.6. The van der Waals surface area contributed by atoms with Crippen molar-refractivity contribution in [3.63, 3.8) is 0 Å². The van der Waals surface area contributed by atoms with Crippen molar-refractivity contribution < 1.29 is 47.6 Å². The number of esters is 4. The van der Waals surface area contributed by atoms with E-state index in [4.69, 9.17) is 28.4 Å². The van der Waals surface area contributed by atoms with Crippen LogP contribution in [0.3, 0.4) is 0 Å². The largest absolute Gasteiger partial charge is 0.496 e. The van der Waals surface area contributed by atoms with Gasteiger partial charge in [0.25, 0.3) is 0 Å². The minimum absolute atomic E-state index is 0.00224. The highest BCUT2D eigenvalue weighted by molar-refractivity contribution is 5.74. The van der Waals surface area contributed by atoms with Gasteiger partial charge in [0.15, 0.2) is 17.6 Å². The summed E-state index contributed by atoms with van der Waals surface area (Å²) >= 11 is 0. The molecule has 10 nitrogen and oxygen atoms in total. The molecule has 1 aliphatic rings. The van der Waals surface area contributed by atoms with Crippen molar-refractivity contribution in [1.29, 1.82) is 0 Å². The van der Waals surface area contributed by atoms with Gasteiger partial charge in [-0.25, -0.2) is 0 Å². The van der Waals surface area contributed by atoms with Crippen LogP contribution in [0.5, 0.6) is 28.7 Å². The third-order valence-electron chi connectivity index (χ3n) is 4.74. The van der Waals surface area contributed by atoms with Gasteiger partial charge in [-0.15, -0.1) is 0 Å². The zero-order chi connectivity index (χ0) is 25.0. The molecule has 0 bridgehead atoms. The predicted molar refractivity (Wildman–Crippen MR) is 116 cm³/mol. The Balaban J connectivity index is 2.07. The van der Waals surface area contributed by atoms with E-state index in [2.05, 4.69) is 0 Å². The molecule has 0 N–H and O–H groups in total. The fourth-order valence-electron chi connectivity index (χ4n) is 3.60. The number of benzene rings is 2. The Bertz CT molecular complexity index is 1140. The summed E-state index contributed by atoms with van der Waals surface area (Å²) in [7, 11) is 1.46. The van der Waals surface area contributed by atoms with Crippen LogP contribution in [0.1, 0.15) is 44.9 Å². The van der Waals surface area contributed by atoms with Crippen molar-refractivity contribution in [3.8, 4) is 28.7 Å². The number of carbonyl (C=O) groups is 4. The Labute approximate surface area is 195 Å². The monoisotopic (exact) mass is 472 g/mol. The number of methoxy groups -OCH3 is 1. The van der Waals surface area contributed by atoms with E-state index in [1.807, 2.05) is 0 Å². The topological polar surface area (TPSA) is 124 Å². The molecule has 0 aromatic heterocycles. The second kappa shape index (κ2) is 10.2. The van der Waals surface area contributed by atoms with Crippen LogP contribution in [0.4, 0.5) is 0 Å². The first-order chi connectivity index (χ1) is 16.1. The maximum Gasteiger partial charge on any atom is 0.308 e. The summed E-state index contributed by atoms with van der Waals surface area (Å²) in [5.41, 5.74) is 1.11. The van der Waals surface area contributed by atoms with E-state index in [9.17, 15) is 19.2 Å². The van der Waals surface area contributed by atoms with Crippen molar-refractivity contribution >= 4 is 23.9 Å². The molecule has 0 aliphatic carbocycles. The summed E-state index contributed by atoms with van der Waals surface area (Å²) in [6, 6.07) is 7.61. The highest BCUT2D eigenvalue weighted by Gasteiger charge is 2.36. The number of hydrogen-bond acceptors (Lipinski definition) is 10. The van der Waals surface area contributed by atoms with Crippen LogP contribution in [0, 0.1) is 0 Å². The first-order valence-electron chi connectivity index (χ1n) is 10.3. The fraction of sp³-hybridized carbons (Fsp3) is 0.333. The van der Waals surface area contributed by atoms with E-state index < -0.39 is 36.1 Å². The van der Waals surface area contributed by atoms with Crippen LogP contribution in [0.2, 0.25) is 0 Å². The summed E-state index contributed by atoms with van der Waals surface area (Å²) in [5, 5.41) is 0. The van der Waals surface area contributed by atoms with Crippen molar-refractivity contribution in [2.75, 3.05) is 7.11 Å². The molecule has 0 fully saturated rings. The first kappa shape index (κ1) is 24.6. The Morgan fingerprint density at radius 2 is 1.44 bits per heavy atom. The average Bonchev–Trinajstić information content (AvgIpc) is 2.72. The lowest BCUT2D eigenvalue weighted by molar-refractivity contribution is -0.152. The lowest BCUT2D eigenvalue weighted by atomic mass is 9.93. The molecule has 0 unspecified atom stereocenters. The summed E-state index contributed by atoms with van der Waals surface area (Å²) in [6.45, 7) is 4.98. The standard InChI is InChI=1S/C24H24O10/c1-12(25)30-17-9-20(29-5)18-11-23(33-15(4)28)24(34-21(18)10-17)16-6-7-19(31-13(2)26)22(8-16)32-14(3)27/h6-10,23-24H,11H2,1-5H3/t23-,24+/m1/s1. The van der Waals surface area contributed by atoms with Crippen LogP contribution in [-0.4, -0.2) is 37.1 Å². The maximum absolute atomic E-state index is 11.8. The molecule has 0 saturated heterocycles. The van der Waals surface area contributed by atoms with Crippen molar-refractivity contribution in [2.45, 2.75) is 46.3 Å². The van der Waals surface area contributed by atoms with E-state index in [0.717, 1.165) is 0 Å². The Hall–Kier alpha value is -4.08. The van der Waals surface area contributed by atoms with Gasteiger partial charge in [0.1, 0.15) is 23.4 Å². The molecule has 1 aliphatic heterocycles. The van der Waals surface area contributed by atoms with Gasteiger partial charge < -0.3 is 28.4 Å². The molecule has 0 saturated carbocycles. The van der Waals surface area contributed by atoms with Gasteiger partial charge in [-0.2, -0.15) is 0 Å². The predicted octanol–water partition coefficient (Wildman–Crippen LogP) is 3.08. The molecule has 10 heteroatoms. The summed E-state index contributed by atoms with van der Waals surface area (Å²) in [6.07, 6.45) is -1.35. The van der Waals surface area contributed by atoms with E-state index in [1.165, 1.54) is 53.0 Å². The molecule has 3 rings (SSSR count). The van der Waals surface area contributed by atoms with Crippen LogP contribution < -0.4 is 23.7 Å². The van der Waals surface area contributed by atoms with E-state index in [1.54, 1.807) is 12.1 Å². The molecule has 1 heterocycles. The van der Waals surface area contributed by atoms with Gasteiger partial charge in [0.05, 0.1) is 7.11 Å². The average molecular weight is 472 g/mol. The normalized spacial score (nSPS) is 16.4. The summed E-state index contributed by atoms with van der Waals surface area (Å²) < 4.78 is 32.6. The number of hydrogen-bond donors (Lipinski definition) is 0. The van der Waals surface area contributed by atoms with Crippen molar-refractivity contribution in [1.82, 2.24) is 0 Å². The zero-order valence-corrected chi connectivity index (χ0v) is 19.3. The molecule has 34 heavy (non-hydrogen) atoms. The third kappa shape index (κ3) is 5.83. The number of ether oxygens (including phenoxy) is 6. The summed E-state index contributed by atoms with van der Waals surface area (Å²) in [4.78, 5) is 46.3. The fourth-order valence-corrected chi connectivity index (χ4v) is 3.60. The number of carbonyl (C=O) groups excluding carboxylic acids is 4. The second-order valence-corrected chi connectivity index (χ2v) is 7.48. The minimum atomic E-state index is -0.825. The number of rotatable bonds is 6. The van der Waals surface area contributed by atoms with Gasteiger partial charge >= 0.3 is 23.9 Å². The Kier molecular flexibility index (Phi) is 7.40. The number of fused-ring (bicyclic) bond motifs is 1. The quantitative estimate of drug-likeness (QED) is 0.458. The maximum atomic E-state index is 11.8. The highest BCUT2D eigenvalue weighted by Crippen LogP contribution is 2.44. The third-order valence-corrected chi connectivity index (χ3v) is 4.74. The first-order valence-corrected chi connectivity index (χ1v) is 10.3. The van der Waals surface area contributed by atoms with Gasteiger partial charge in [-0.05, 0) is 12.1 Å². The SMILES string of the molecule is COc1cc(OC(C)=O)cc2c1C[C@@H](OC(C)=O)[C@H](c1ccc(OC(C)=O)c(OC(C)=O)c1)O2. The van der Waals surface area contributed by atoms with Gasteiger partial charge in [-0.3, -0.25) is 19.2 Å². The lowest BCUT2D eigenvalue weighted by Gasteiger charge is -2.34. The minimum Gasteiger partial charge on any atom is -0.496 e. The molecular weight excluding hydrogens is 448 g/mol. The van der Waals surface area contributed by atoms with Gasteiger partial charge in [0.2, 0.25) is 0 Å². The summed E-state index contributed by atoms with van der Waals surface area (Å²) in [5.74, 6) is -1.21. The Morgan fingerprint density at radius 3 is 2.03 bits per heavy atom. The van der Waals surface area contributed by atoms with Crippen LogP contribution in [-0.2, 0) is 30.3 Å². The smallest absolute Gasteiger partial charge is 0.308 e. The lowest BCUT2D eigenvalue weighted by Crippen LogP contribution is -2.34. The van der Waals surface area contributed by atoms with Crippen molar-refractivity contribution in [3.05, 3.63) is 41.5 Å². The second-order valence-electron chi connectivity index (χ2n) is 7.48. The molecule has 0 radical (unpaired) electrons. The molecule has 180 valence electrons. The zero-order valence-electron chi connectivity index (χ0n) is 19.3. The molecule has 2 aromatic carbocycles. The van der Waals surface area contributed by atoms with Crippen LogP contribution in [0.15, 0.2) is 30.3 Å². The van der Waals surface area contributed by atoms with E-state index in [0.29, 0.717) is 22.6 Å². The Morgan fingerprint density at radius 1 is 0.794 bits per heavy atom. The molecule has 0 amide bonds. The van der Waals surface area contributed by atoms with Gasteiger partial charge in [0, 0.05) is 57.4 Å². The van der Waals surface area contributed by atoms with E-state index >= 15 is 0 Å². The van der Waals surface area contributed by atoms with Crippen LogP contribution in [0.25, 0.3) is 0 Å². The van der Waals surface area contributed by atoms with Crippen LogP contribution >= 0.6 is 0 Å². The van der Waals surface area contributed by atoms with Gasteiger partial charge in [-0.1, -0.05) is 6.07 Å². The molecular formula is C24H24O10. The van der Waals surface area contributed by atoms with Crippen molar-refractivity contribution in [2.24, 2.45) is 0 Å². The molecule has 2 atom stereocenters. The van der Waals surface area contributed by atoms with E-state index in [-0.39, 0.29) is 23.7 Å². The molecule has 2 aromatic rings. The molecule has 0 spiro atoms.